The smallest absolute Gasteiger partial charge is 0.156 e. The van der Waals surface area contributed by atoms with Crippen LogP contribution in [-0.4, -0.2) is 16.2 Å². The number of hydrogen-bond donors (Lipinski definition) is 1. The van der Waals surface area contributed by atoms with E-state index in [1.807, 2.05) is 42.5 Å². The molecule has 0 saturated heterocycles. The summed E-state index contributed by atoms with van der Waals surface area (Å²) in [6.07, 6.45) is 2.52. The highest BCUT2D eigenvalue weighted by atomic mass is 35.5. The van der Waals surface area contributed by atoms with Gasteiger partial charge in [-0.3, -0.25) is 0 Å². The fourth-order valence-electron chi connectivity index (χ4n) is 2.44. The van der Waals surface area contributed by atoms with Gasteiger partial charge in [0.2, 0.25) is 0 Å². The Labute approximate surface area is 139 Å². The first-order chi connectivity index (χ1) is 10.6. The second-order valence-electron chi connectivity index (χ2n) is 5.27. The lowest BCUT2D eigenvalue weighted by Crippen LogP contribution is -2.19. The quantitative estimate of drug-likeness (QED) is 0.732. The Hall–Kier alpha value is -1.84. The van der Waals surface area contributed by atoms with Crippen LogP contribution >= 0.6 is 23.2 Å². The summed E-state index contributed by atoms with van der Waals surface area (Å²) in [7, 11) is 0. The largest absolute Gasteiger partial charge is 0.365 e. The number of nitrogens with one attached hydrogen (secondary N) is 1. The van der Waals surface area contributed by atoms with Gasteiger partial charge in [0.15, 0.2) is 5.82 Å². The van der Waals surface area contributed by atoms with Crippen molar-refractivity contribution in [1.82, 2.24) is 10.2 Å². The molecule has 112 valence electrons. The van der Waals surface area contributed by atoms with Gasteiger partial charge in [-0.2, -0.15) is 5.10 Å². The van der Waals surface area contributed by atoms with Crippen molar-refractivity contribution in [2.45, 2.75) is 19.4 Å². The summed E-state index contributed by atoms with van der Waals surface area (Å²) in [5.74, 6) is 0.758. The molecule has 1 heterocycles. The number of rotatable bonds is 4. The summed E-state index contributed by atoms with van der Waals surface area (Å²) >= 11 is 12.2. The highest BCUT2D eigenvalue weighted by Crippen LogP contribution is 2.24. The van der Waals surface area contributed by atoms with E-state index in [2.05, 4.69) is 22.4 Å². The molecule has 0 spiro atoms. The normalized spacial score (nSPS) is 12.3. The lowest BCUT2D eigenvalue weighted by atomic mass is 10.1. The minimum absolute atomic E-state index is 0.176. The minimum atomic E-state index is 0.176. The second kappa shape index (κ2) is 6.51. The zero-order valence-electron chi connectivity index (χ0n) is 12.1. The van der Waals surface area contributed by atoms with Gasteiger partial charge in [-0.15, -0.1) is 5.10 Å². The highest BCUT2D eigenvalue weighted by molar-refractivity contribution is 6.31. The van der Waals surface area contributed by atoms with Crippen molar-refractivity contribution >= 4 is 39.8 Å². The predicted molar refractivity (Wildman–Crippen MR) is 92.8 cm³/mol. The minimum Gasteiger partial charge on any atom is -0.365 e. The fourth-order valence-corrected chi connectivity index (χ4v) is 2.84. The van der Waals surface area contributed by atoms with E-state index in [-0.39, 0.29) is 6.04 Å². The molecule has 2 aromatic carbocycles. The SMILES string of the molecule is CC(Cc1ccccc1Cl)Nc1nncc2cc(Cl)ccc12. The van der Waals surface area contributed by atoms with E-state index in [0.717, 1.165) is 33.6 Å². The maximum Gasteiger partial charge on any atom is 0.156 e. The molecule has 1 N–H and O–H groups in total. The Morgan fingerprint density at radius 2 is 1.95 bits per heavy atom. The van der Waals surface area contributed by atoms with Crippen LogP contribution in [0.1, 0.15) is 12.5 Å². The molecular weight excluding hydrogens is 317 g/mol. The van der Waals surface area contributed by atoms with Crippen molar-refractivity contribution in [3.63, 3.8) is 0 Å². The number of halogens is 2. The van der Waals surface area contributed by atoms with Crippen LogP contribution in [0, 0.1) is 0 Å². The van der Waals surface area contributed by atoms with Crippen molar-refractivity contribution in [3.05, 3.63) is 64.3 Å². The van der Waals surface area contributed by atoms with Crippen LogP contribution in [0.15, 0.2) is 48.7 Å². The molecule has 0 saturated carbocycles. The fraction of sp³-hybridized carbons (Fsp3) is 0.176. The van der Waals surface area contributed by atoms with E-state index in [1.54, 1.807) is 6.20 Å². The van der Waals surface area contributed by atoms with Crippen LogP contribution in [0.5, 0.6) is 0 Å². The Morgan fingerprint density at radius 1 is 1.14 bits per heavy atom. The summed E-state index contributed by atoms with van der Waals surface area (Å²) in [6, 6.07) is 13.7. The molecule has 5 heteroatoms. The van der Waals surface area contributed by atoms with E-state index in [4.69, 9.17) is 23.2 Å². The van der Waals surface area contributed by atoms with Crippen molar-refractivity contribution in [2.24, 2.45) is 0 Å². The molecule has 3 nitrogen and oxygen atoms in total. The summed E-state index contributed by atoms with van der Waals surface area (Å²) in [5, 5.41) is 15.1. The number of benzene rings is 2. The zero-order valence-corrected chi connectivity index (χ0v) is 13.6. The Bertz CT molecular complexity index is 805. The van der Waals surface area contributed by atoms with E-state index in [9.17, 15) is 0 Å². The standard InChI is InChI=1S/C17H15Cl2N3/c1-11(8-12-4-2-3-5-16(12)19)21-17-15-7-6-14(18)9-13(15)10-20-22-17/h2-7,9-11H,8H2,1H3,(H,21,22). The van der Waals surface area contributed by atoms with Crippen LogP contribution < -0.4 is 5.32 Å². The van der Waals surface area contributed by atoms with Crippen molar-refractivity contribution < 1.29 is 0 Å². The van der Waals surface area contributed by atoms with Crippen LogP contribution in [0.25, 0.3) is 10.8 Å². The Balaban J connectivity index is 1.82. The predicted octanol–water partition coefficient (Wildman–Crippen LogP) is 4.98. The highest BCUT2D eigenvalue weighted by Gasteiger charge is 2.10. The Kier molecular flexibility index (Phi) is 4.46. The number of aromatic nitrogens is 2. The van der Waals surface area contributed by atoms with Gasteiger partial charge in [0.05, 0.1) is 6.20 Å². The average Bonchev–Trinajstić information content (AvgIpc) is 2.49. The molecule has 0 aliphatic heterocycles. The lowest BCUT2D eigenvalue weighted by molar-refractivity contribution is 0.781. The van der Waals surface area contributed by atoms with Crippen LogP contribution in [0.3, 0.4) is 0 Å². The van der Waals surface area contributed by atoms with Crippen molar-refractivity contribution in [3.8, 4) is 0 Å². The van der Waals surface area contributed by atoms with E-state index < -0.39 is 0 Å². The maximum absolute atomic E-state index is 6.21. The number of fused-ring (bicyclic) bond motifs is 1. The number of hydrogen-bond acceptors (Lipinski definition) is 3. The zero-order chi connectivity index (χ0) is 15.5. The first-order valence-electron chi connectivity index (χ1n) is 7.04. The molecule has 0 radical (unpaired) electrons. The monoisotopic (exact) mass is 331 g/mol. The third kappa shape index (κ3) is 3.32. The summed E-state index contributed by atoms with van der Waals surface area (Å²) in [4.78, 5) is 0. The number of nitrogens with zero attached hydrogens (tertiary/aromatic N) is 2. The lowest BCUT2D eigenvalue weighted by Gasteiger charge is -2.16. The topological polar surface area (TPSA) is 37.8 Å². The molecule has 1 aromatic heterocycles. The molecule has 1 atom stereocenters. The Morgan fingerprint density at radius 3 is 2.77 bits per heavy atom. The van der Waals surface area contributed by atoms with Gasteiger partial charge in [-0.05, 0) is 43.2 Å². The van der Waals surface area contributed by atoms with Crippen LogP contribution in [-0.2, 0) is 6.42 Å². The van der Waals surface area contributed by atoms with Crippen molar-refractivity contribution in [2.75, 3.05) is 5.32 Å². The maximum atomic E-state index is 6.21. The molecule has 0 amide bonds. The van der Waals surface area contributed by atoms with Gasteiger partial charge in [0.25, 0.3) is 0 Å². The van der Waals surface area contributed by atoms with Crippen molar-refractivity contribution in [1.29, 1.82) is 0 Å². The van der Waals surface area contributed by atoms with Gasteiger partial charge >= 0.3 is 0 Å². The molecule has 1 unspecified atom stereocenters. The molecule has 0 aliphatic carbocycles. The number of anilines is 1. The van der Waals surface area contributed by atoms with Gasteiger partial charge in [0, 0.05) is 26.9 Å². The molecule has 0 aliphatic rings. The summed E-state index contributed by atoms with van der Waals surface area (Å²) in [5.41, 5.74) is 1.11. The second-order valence-corrected chi connectivity index (χ2v) is 6.11. The molecule has 0 fully saturated rings. The van der Waals surface area contributed by atoms with Crippen LogP contribution in [0.2, 0.25) is 10.0 Å². The van der Waals surface area contributed by atoms with E-state index in [1.165, 1.54) is 0 Å². The van der Waals surface area contributed by atoms with Gasteiger partial charge in [-0.25, -0.2) is 0 Å². The third-order valence-electron chi connectivity index (χ3n) is 3.49. The molecule has 22 heavy (non-hydrogen) atoms. The van der Waals surface area contributed by atoms with E-state index >= 15 is 0 Å². The molecular formula is C17H15Cl2N3. The van der Waals surface area contributed by atoms with Gasteiger partial charge < -0.3 is 5.32 Å². The third-order valence-corrected chi connectivity index (χ3v) is 4.09. The first-order valence-corrected chi connectivity index (χ1v) is 7.80. The van der Waals surface area contributed by atoms with E-state index in [0.29, 0.717) is 5.02 Å². The molecule has 3 aromatic rings. The average molecular weight is 332 g/mol. The summed E-state index contributed by atoms with van der Waals surface area (Å²) in [6.45, 7) is 2.10. The first kappa shape index (κ1) is 15.1. The van der Waals surface area contributed by atoms with Crippen LogP contribution in [0.4, 0.5) is 5.82 Å². The van der Waals surface area contributed by atoms with Gasteiger partial charge in [0.1, 0.15) is 0 Å². The molecule has 3 rings (SSSR count). The summed E-state index contributed by atoms with van der Waals surface area (Å²) < 4.78 is 0. The molecule has 0 bridgehead atoms. The van der Waals surface area contributed by atoms with Gasteiger partial charge in [-0.1, -0.05) is 41.4 Å².